The minimum Gasteiger partial charge on any atom is -0.480 e. The van der Waals surface area contributed by atoms with Crippen molar-refractivity contribution in [2.75, 3.05) is 19.6 Å². The van der Waals surface area contributed by atoms with E-state index in [1.54, 1.807) is 0 Å². The highest BCUT2D eigenvalue weighted by Crippen LogP contribution is 2.09. The number of carboxylic acids is 1. The number of likely N-dealkylation sites (tertiary alicyclic amines) is 1. The van der Waals surface area contributed by atoms with Gasteiger partial charge in [0.25, 0.3) is 0 Å². The number of hydrogen-bond acceptors (Lipinski definition) is 3. The average molecular weight is 200 g/mol. The van der Waals surface area contributed by atoms with Gasteiger partial charge in [0.2, 0.25) is 5.91 Å². The summed E-state index contributed by atoms with van der Waals surface area (Å²) in [6, 6.07) is 0.112. The molecule has 0 bridgehead atoms. The molecule has 1 atom stereocenters. The molecule has 1 saturated heterocycles. The van der Waals surface area contributed by atoms with Crippen molar-refractivity contribution in [1.29, 1.82) is 0 Å². The predicted octanol–water partition coefficient (Wildman–Crippen LogP) is -0.328. The summed E-state index contributed by atoms with van der Waals surface area (Å²) >= 11 is 0. The van der Waals surface area contributed by atoms with Gasteiger partial charge in [0.15, 0.2) is 0 Å². The summed E-state index contributed by atoms with van der Waals surface area (Å²) in [4.78, 5) is 23.1. The van der Waals surface area contributed by atoms with Crippen LogP contribution in [-0.2, 0) is 9.59 Å². The van der Waals surface area contributed by atoms with Crippen molar-refractivity contribution in [1.82, 2.24) is 10.2 Å². The van der Waals surface area contributed by atoms with Gasteiger partial charge in [0.05, 0.1) is 6.54 Å². The topological polar surface area (TPSA) is 69.6 Å². The van der Waals surface area contributed by atoms with Gasteiger partial charge in [0.1, 0.15) is 0 Å². The Bertz CT molecular complexity index is 208. The molecule has 0 aromatic carbocycles. The Balaban J connectivity index is 2.35. The van der Waals surface area contributed by atoms with Crippen molar-refractivity contribution in [3.8, 4) is 0 Å². The Morgan fingerprint density at radius 2 is 2.29 bits per heavy atom. The molecule has 1 amide bonds. The number of piperidine rings is 1. The first-order valence-corrected chi connectivity index (χ1v) is 4.79. The van der Waals surface area contributed by atoms with Crippen molar-refractivity contribution in [3.05, 3.63) is 0 Å². The summed E-state index contributed by atoms with van der Waals surface area (Å²) in [5.74, 6) is -0.861. The second-order valence-electron chi connectivity index (χ2n) is 3.67. The van der Waals surface area contributed by atoms with E-state index in [0.29, 0.717) is 6.54 Å². The molecule has 1 aliphatic heterocycles. The van der Waals surface area contributed by atoms with Crippen LogP contribution in [0.2, 0.25) is 0 Å². The fraction of sp³-hybridized carbons (Fsp3) is 0.778. The number of amides is 1. The lowest BCUT2D eigenvalue weighted by molar-refractivity contribution is -0.138. The first-order chi connectivity index (χ1) is 6.58. The van der Waals surface area contributed by atoms with Crippen LogP contribution in [0.1, 0.15) is 19.8 Å². The fourth-order valence-corrected chi connectivity index (χ4v) is 1.80. The molecule has 1 heterocycles. The molecule has 0 radical (unpaired) electrons. The Morgan fingerprint density at radius 1 is 1.57 bits per heavy atom. The van der Waals surface area contributed by atoms with Crippen molar-refractivity contribution in [3.63, 3.8) is 0 Å². The molecule has 1 rings (SSSR count). The van der Waals surface area contributed by atoms with Crippen LogP contribution < -0.4 is 5.32 Å². The molecule has 0 spiro atoms. The largest absolute Gasteiger partial charge is 0.480 e. The average Bonchev–Trinajstić information content (AvgIpc) is 2.01. The maximum absolute atomic E-state index is 10.8. The number of rotatable bonds is 3. The molecule has 80 valence electrons. The quantitative estimate of drug-likeness (QED) is 0.654. The van der Waals surface area contributed by atoms with E-state index < -0.39 is 5.97 Å². The van der Waals surface area contributed by atoms with E-state index in [1.807, 2.05) is 4.90 Å². The van der Waals surface area contributed by atoms with Gasteiger partial charge in [-0.25, -0.2) is 0 Å². The summed E-state index contributed by atoms with van der Waals surface area (Å²) in [5.41, 5.74) is 0. The first kappa shape index (κ1) is 11.0. The minimum absolute atomic E-state index is 0.0489. The third kappa shape index (κ3) is 3.74. The zero-order chi connectivity index (χ0) is 10.6. The molecule has 14 heavy (non-hydrogen) atoms. The van der Waals surface area contributed by atoms with Crippen LogP contribution in [0, 0.1) is 0 Å². The molecule has 0 aromatic heterocycles. The van der Waals surface area contributed by atoms with E-state index >= 15 is 0 Å². The van der Waals surface area contributed by atoms with E-state index in [4.69, 9.17) is 5.11 Å². The number of carbonyl (C=O) groups excluding carboxylic acids is 1. The third-order valence-electron chi connectivity index (χ3n) is 2.27. The monoisotopic (exact) mass is 200 g/mol. The molecule has 1 fully saturated rings. The van der Waals surface area contributed by atoms with Crippen LogP contribution in [0.5, 0.6) is 0 Å². The van der Waals surface area contributed by atoms with Gasteiger partial charge in [0, 0.05) is 19.5 Å². The van der Waals surface area contributed by atoms with Crippen molar-refractivity contribution < 1.29 is 14.7 Å². The molecule has 0 aliphatic carbocycles. The Morgan fingerprint density at radius 3 is 2.86 bits per heavy atom. The maximum Gasteiger partial charge on any atom is 0.317 e. The van der Waals surface area contributed by atoms with Crippen molar-refractivity contribution >= 4 is 11.9 Å². The number of aliphatic carboxylic acids is 1. The number of nitrogens with zero attached hydrogens (tertiary/aromatic N) is 1. The summed E-state index contributed by atoms with van der Waals surface area (Å²) < 4.78 is 0. The van der Waals surface area contributed by atoms with E-state index in [9.17, 15) is 9.59 Å². The molecule has 0 aromatic rings. The smallest absolute Gasteiger partial charge is 0.317 e. The molecule has 5 nitrogen and oxygen atoms in total. The molecule has 0 unspecified atom stereocenters. The summed E-state index contributed by atoms with van der Waals surface area (Å²) in [6.07, 6.45) is 1.88. The van der Waals surface area contributed by atoms with E-state index in [-0.39, 0.29) is 18.5 Å². The lowest BCUT2D eigenvalue weighted by atomic mass is 10.1. The van der Waals surface area contributed by atoms with Gasteiger partial charge in [-0.05, 0) is 19.4 Å². The zero-order valence-corrected chi connectivity index (χ0v) is 8.32. The highest BCUT2D eigenvalue weighted by molar-refractivity contribution is 5.73. The summed E-state index contributed by atoms with van der Waals surface area (Å²) in [5, 5.41) is 11.4. The first-order valence-electron chi connectivity index (χ1n) is 4.79. The van der Waals surface area contributed by atoms with Gasteiger partial charge in [-0.3, -0.25) is 14.5 Å². The lowest BCUT2D eigenvalue weighted by Gasteiger charge is -2.31. The van der Waals surface area contributed by atoms with Gasteiger partial charge in [-0.15, -0.1) is 0 Å². The van der Waals surface area contributed by atoms with Crippen LogP contribution in [0.4, 0.5) is 0 Å². The van der Waals surface area contributed by atoms with E-state index in [0.717, 1.165) is 19.4 Å². The Hall–Kier alpha value is -1.10. The molecule has 5 heteroatoms. The molecule has 2 N–H and O–H groups in total. The highest BCUT2D eigenvalue weighted by Gasteiger charge is 2.21. The summed E-state index contributed by atoms with van der Waals surface area (Å²) in [7, 11) is 0. The fourth-order valence-electron chi connectivity index (χ4n) is 1.80. The van der Waals surface area contributed by atoms with Crippen LogP contribution in [0.3, 0.4) is 0 Å². The molecular formula is C9H16N2O3. The minimum atomic E-state index is -0.812. The summed E-state index contributed by atoms with van der Waals surface area (Å²) in [6.45, 7) is 3.00. The number of carboxylic acid groups (broad SMARTS) is 1. The highest BCUT2D eigenvalue weighted by atomic mass is 16.4. The van der Waals surface area contributed by atoms with Gasteiger partial charge in [-0.1, -0.05) is 0 Å². The van der Waals surface area contributed by atoms with Gasteiger partial charge >= 0.3 is 5.97 Å². The second kappa shape index (κ2) is 4.95. The maximum atomic E-state index is 10.8. The molecular weight excluding hydrogens is 184 g/mol. The number of hydrogen-bond donors (Lipinski definition) is 2. The van der Waals surface area contributed by atoms with Gasteiger partial charge < -0.3 is 10.4 Å². The lowest BCUT2D eigenvalue weighted by Crippen LogP contribution is -2.48. The van der Waals surface area contributed by atoms with Gasteiger partial charge in [-0.2, -0.15) is 0 Å². The normalized spacial score (nSPS) is 23.1. The third-order valence-corrected chi connectivity index (χ3v) is 2.27. The van der Waals surface area contributed by atoms with Crippen LogP contribution in [0.25, 0.3) is 0 Å². The van der Waals surface area contributed by atoms with E-state index in [2.05, 4.69) is 5.32 Å². The SMILES string of the molecule is CC(=O)N[C@H]1CCCN(CC(=O)O)C1. The standard InChI is InChI=1S/C9H16N2O3/c1-7(12)10-8-3-2-4-11(5-8)6-9(13)14/h8H,2-6H2,1H3,(H,10,12)(H,13,14)/t8-/m0/s1. The molecule has 0 saturated carbocycles. The van der Waals surface area contributed by atoms with Crippen LogP contribution in [-0.4, -0.2) is 47.6 Å². The zero-order valence-electron chi connectivity index (χ0n) is 8.32. The number of carbonyl (C=O) groups is 2. The van der Waals surface area contributed by atoms with Crippen molar-refractivity contribution in [2.24, 2.45) is 0 Å². The predicted molar refractivity (Wildman–Crippen MR) is 50.9 cm³/mol. The van der Waals surface area contributed by atoms with Crippen LogP contribution >= 0.6 is 0 Å². The Labute approximate surface area is 83.1 Å². The number of nitrogens with one attached hydrogen (secondary N) is 1. The second-order valence-corrected chi connectivity index (χ2v) is 3.67. The Kier molecular flexibility index (Phi) is 3.88. The van der Waals surface area contributed by atoms with E-state index in [1.165, 1.54) is 6.92 Å². The molecule has 1 aliphatic rings. The van der Waals surface area contributed by atoms with Crippen LogP contribution in [0.15, 0.2) is 0 Å². The van der Waals surface area contributed by atoms with Crippen molar-refractivity contribution in [2.45, 2.75) is 25.8 Å².